The minimum absolute atomic E-state index is 0.147. The molecule has 3 fully saturated rings. The molecule has 0 saturated carbocycles. The number of carbonyl (C=O) groups excluding carboxylic acids is 4. The number of likely N-dealkylation sites (N-methyl/N-ethyl adjacent to an activating group) is 1. The number of ketones is 1. The SMILES string of the molecule is CC[C@H]1OC(O)[C@H](C)[C@@H](O)[C@H](C)[C@@H](OC2O[C@H](C)C[C@H](N(C)C)[C@H]2OC(C)=O)[C@](C)(OC(=O)OC/C=C/c2cnc3ccccc3c2)C[C@@H](C)C(=O)[C@H](C)[C@H]2NC(=O)OC21C. The number of fused-ring (bicyclic) bond motifs is 2. The summed E-state index contributed by atoms with van der Waals surface area (Å²) in [6.45, 7) is 14.7. The van der Waals surface area contributed by atoms with Gasteiger partial charge in [0.25, 0.3) is 0 Å². The number of Topliss-reactive ketones (excluding diaryl/α,β-unsaturated/α-hetero) is 1. The van der Waals surface area contributed by atoms with Gasteiger partial charge in [-0.3, -0.25) is 14.6 Å². The van der Waals surface area contributed by atoms with Gasteiger partial charge in [-0.15, -0.1) is 0 Å². The molecule has 61 heavy (non-hydrogen) atoms. The van der Waals surface area contributed by atoms with Crippen LogP contribution in [0.5, 0.6) is 0 Å². The average Bonchev–Trinajstić information content (AvgIpc) is 3.52. The predicted octanol–water partition coefficient (Wildman–Crippen LogP) is 5.40. The van der Waals surface area contributed by atoms with Crippen molar-refractivity contribution in [1.82, 2.24) is 15.2 Å². The molecule has 16 heteroatoms. The standard InChI is InChI=1S/C45H65N3O13/c1-12-34-45(9)38(47-42(53)60-45)26(4)35(50)24(2)22-44(8,61-43(54)55-19-15-16-30-21-31-17-13-14-18-32(31)46-23-30)39(27(5)36(51)28(6)40(52)58-34)59-41-37(57-29(7)49)33(48(10)11)20-25(3)56-41/h13-18,21,23-28,33-34,36-41,51-52H,12,19-20,22H2,1-11H3,(H,47,53)/b16-15+/t24-,25-,26+,27+,28-,33+,34-,36+,37-,38-,39-,40?,41?,44-,45?/m1/s1. The highest BCUT2D eigenvalue weighted by Crippen LogP contribution is 2.42. The summed E-state index contributed by atoms with van der Waals surface area (Å²) >= 11 is 0. The molecular weight excluding hydrogens is 791 g/mol. The molecule has 338 valence electrons. The number of ether oxygens (including phenoxy) is 7. The fourth-order valence-corrected chi connectivity index (χ4v) is 9.37. The number of nitrogens with one attached hydrogen (secondary N) is 1. The first-order chi connectivity index (χ1) is 28.7. The van der Waals surface area contributed by atoms with E-state index < -0.39 is 96.1 Å². The molecule has 3 aliphatic rings. The molecule has 3 aliphatic heterocycles. The van der Waals surface area contributed by atoms with E-state index >= 15 is 0 Å². The summed E-state index contributed by atoms with van der Waals surface area (Å²) in [6, 6.07) is 8.42. The first-order valence-corrected chi connectivity index (χ1v) is 21.3. The predicted molar refractivity (Wildman–Crippen MR) is 224 cm³/mol. The van der Waals surface area contributed by atoms with Crippen molar-refractivity contribution in [1.29, 1.82) is 0 Å². The van der Waals surface area contributed by atoms with Crippen molar-refractivity contribution >= 4 is 41.0 Å². The van der Waals surface area contributed by atoms with E-state index in [9.17, 15) is 29.4 Å². The second-order valence-corrected chi connectivity index (χ2v) is 17.7. The van der Waals surface area contributed by atoms with E-state index in [2.05, 4.69) is 10.3 Å². The first kappa shape index (κ1) is 47.9. The quantitative estimate of drug-likeness (QED) is 0.214. The first-order valence-electron chi connectivity index (χ1n) is 21.3. The van der Waals surface area contributed by atoms with Gasteiger partial charge in [-0.05, 0) is 77.9 Å². The Morgan fingerprint density at radius 3 is 2.43 bits per heavy atom. The van der Waals surface area contributed by atoms with E-state index in [1.165, 1.54) is 6.92 Å². The lowest BCUT2D eigenvalue weighted by atomic mass is 9.73. The maximum atomic E-state index is 14.5. The van der Waals surface area contributed by atoms with Gasteiger partial charge in [-0.1, -0.05) is 58.9 Å². The molecule has 4 heterocycles. The van der Waals surface area contributed by atoms with Crippen LogP contribution in [-0.2, 0) is 42.7 Å². The molecule has 0 spiro atoms. The van der Waals surface area contributed by atoms with Gasteiger partial charge in [0.1, 0.15) is 30.2 Å². The molecule has 0 bridgehead atoms. The fraction of sp³-hybridized carbons (Fsp3) is 0.667. The summed E-state index contributed by atoms with van der Waals surface area (Å²) in [5, 5.41) is 27.5. The Labute approximate surface area is 358 Å². The minimum atomic E-state index is -1.75. The van der Waals surface area contributed by atoms with Crippen molar-refractivity contribution in [2.75, 3.05) is 20.7 Å². The van der Waals surface area contributed by atoms with Gasteiger partial charge < -0.3 is 53.6 Å². The normalized spacial score (nSPS) is 37.7. The maximum absolute atomic E-state index is 14.5. The number of para-hydroxylation sites is 1. The zero-order valence-electron chi connectivity index (χ0n) is 37.2. The second-order valence-electron chi connectivity index (χ2n) is 17.7. The largest absolute Gasteiger partial charge is 0.509 e. The van der Waals surface area contributed by atoms with Crippen molar-refractivity contribution < 1.29 is 62.5 Å². The van der Waals surface area contributed by atoms with Crippen LogP contribution in [0, 0.1) is 23.7 Å². The summed E-state index contributed by atoms with van der Waals surface area (Å²) in [6.07, 6.45) is -3.76. The number of aliphatic hydroxyl groups excluding tert-OH is 2. The van der Waals surface area contributed by atoms with E-state index in [1.54, 1.807) is 59.9 Å². The number of hydrogen-bond acceptors (Lipinski definition) is 15. The number of alkyl carbamates (subject to hydrolysis) is 1. The third-order valence-corrected chi connectivity index (χ3v) is 12.6. The number of pyridine rings is 1. The summed E-state index contributed by atoms with van der Waals surface area (Å²) in [7, 11) is 3.70. The second kappa shape index (κ2) is 19.9. The zero-order valence-corrected chi connectivity index (χ0v) is 37.2. The summed E-state index contributed by atoms with van der Waals surface area (Å²) < 4.78 is 42.9. The van der Waals surface area contributed by atoms with Crippen LogP contribution in [0.1, 0.15) is 87.1 Å². The van der Waals surface area contributed by atoms with Crippen LogP contribution in [0.15, 0.2) is 42.6 Å². The summed E-state index contributed by atoms with van der Waals surface area (Å²) in [5.74, 6) is -4.51. The molecule has 1 amide bonds. The van der Waals surface area contributed by atoms with Crippen molar-refractivity contribution in [2.24, 2.45) is 23.7 Å². The molecule has 3 N–H and O–H groups in total. The highest BCUT2D eigenvalue weighted by Gasteiger charge is 2.57. The number of nitrogens with zero attached hydrogens (tertiary/aromatic N) is 2. The number of aromatic nitrogens is 1. The van der Waals surface area contributed by atoms with E-state index in [0.29, 0.717) is 12.8 Å². The van der Waals surface area contributed by atoms with Gasteiger partial charge >= 0.3 is 18.2 Å². The van der Waals surface area contributed by atoms with Crippen LogP contribution in [-0.4, -0.2) is 131 Å². The lowest BCUT2D eigenvalue weighted by Crippen LogP contribution is -2.61. The number of amides is 1. The summed E-state index contributed by atoms with van der Waals surface area (Å²) in [5.41, 5.74) is -1.50. The third kappa shape index (κ3) is 10.9. The number of rotatable bonds is 9. The van der Waals surface area contributed by atoms with Gasteiger partial charge in [0.15, 0.2) is 24.3 Å². The smallest absolute Gasteiger partial charge is 0.455 e. The number of aliphatic hydroxyl groups is 2. The van der Waals surface area contributed by atoms with Gasteiger partial charge in [-0.25, -0.2) is 9.59 Å². The highest BCUT2D eigenvalue weighted by molar-refractivity contribution is 5.85. The van der Waals surface area contributed by atoms with Crippen LogP contribution >= 0.6 is 0 Å². The Morgan fingerprint density at radius 2 is 1.75 bits per heavy atom. The van der Waals surface area contributed by atoms with Crippen LogP contribution in [0.25, 0.3) is 17.0 Å². The van der Waals surface area contributed by atoms with E-state index in [0.717, 1.165) is 16.5 Å². The van der Waals surface area contributed by atoms with Gasteiger partial charge in [-0.2, -0.15) is 0 Å². The van der Waals surface area contributed by atoms with E-state index in [4.69, 9.17) is 33.2 Å². The maximum Gasteiger partial charge on any atom is 0.509 e. The lowest BCUT2D eigenvalue weighted by molar-refractivity contribution is -0.304. The van der Waals surface area contributed by atoms with Crippen molar-refractivity contribution in [3.63, 3.8) is 0 Å². The Kier molecular flexibility index (Phi) is 15.6. The lowest BCUT2D eigenvalue weighted by Gasteiger charge is -2.48. The van der Waals surface area contributed by atoms with Crippen molar-refractivity contribution in [3.8, 4) is 0 Å². The number of carbonyl (C=O) groups is 4. The fourth-order valence-electron chi connectivity index (χ4n) is 9.37. The molecule has 3 unspecified atom stereocenters. The van der Waals surface area contributed by atoms with Crippen molar-refractivity contribution in [2.45, 2.75) is 148 Å². The Bertz CT molecular complexity index is 1890. The molecule has 1 aromatic heterocycles. The Balaban J connectivity index is 1.54. The molecule has 2 aromatic rings. The average molecular weight is 856 g/mol. The molecule has 3 saturated heterocycles. The Morgan fingerprint density at radius 1 is 1.05 bits per heavy atom. The molecule has 5 rings (SSSR count). The van der Waals surface area contributed by atoms with Crippen LogP contribution in [0.4, 0.5) is 9.59 Å². The van der Waals surface area contributed by atoms with Crippen LogP contribution in [0.2, 0.25) is 0 Å². The molecule has 0 radical (unpaired) electrons. The highest BCUT2D eigenvalue weighted by atomic mass is 16.8. The third-order valence-electron chi connectivity index (χ3n) is 12.6. The van der Waals surface area contributed by atoms with Gasteiger partial charge in [0, 0.05) is 42.2 Å². The zero-order chi connectivity index (χ0) is 45.0. The molecule has 0 aliphatic carbocycles. The number of benzene rings is 1. The monoisotopic (exact) mass is 855 g/mol. The molecular formula is C45H65N3O13. The van der Waals surface area contributed by atoms with Gasteiger partial charge in [0.2, 0.25) is 0 Å². The molecule has 1 aromatic carbocycles. The number of esters is 1. The minimum Gasteiger partial charge on any atom is -0.455 e. The van der Waals surface area contributed by atoms with Crippen LogP contribution < -0.4 is 5.32 Å². The van der Waals surface area contributed by atoms with Gasteiger partial charge in [0.05, 0.1) is 29.8 Å². The topological polar surface area (TPSA) is 202 Å². The van der Waals surface area contributed by atoms with Crippen LogP contribution in [0.3, 0.4) is 0 Å². The Hall–Kier alpha value is -4.19. The van der Waals surface area contributed by atoms with E-state index in [1.807, 2.05) is 63.2 Å². The summed E-state index contributed by atoms with van der Waals surface area (Å²) in [4.78, 5) is 60.1. The van der Waals surface area contributed by atoms with Crippen molar-refractivity contribution in [3.05, 3.63) is 48.2 Å². The number of hydrogen-bond donors (Lipinski definition) is 3. The molecule has 16 nitrogen and oxygen atoms in total. The van der Waals surface area contributed by atoms with E-state index in [-0.39, 0.29) is 31.0 Å². The molecule has 15 atom stereocenters.